The Bertz CT molecular complexity index is 946. The molecule has 0 radical (unpaired) electrons. The van der Waals surface area contributed by atoms with E-state index in [1.165, 1.54) is 29.3 Å². The van der Waals surface area contributed by atoms with Gasteiger partial charge in [0.1, 0.15) is 17.8 Å². The Morgan fingerprint density at radius 3 is 3.00 bits per heavy atom. The van der Waals surface area contributed by atoms with Crippen molar-refractivity contribution in [2.24, 2.45) is 4.99 Å². The van der Waals surface area contributed by atoms with E-state index in [4.69, 9.17) is 0 Å². The number of aromatic nitrogens is 3. The molecule has 3 heterocycles. The molecule has 0 saturated heterocycles. The van der Waals surface area contributed by atoms with Crippen molar-refractivity contribution in [3.8, 4) is 0 Å². The van der Waals surface area contributed by atoms with E-state index in [1.54, 1.807) is 18.4 Å². The molecule has 4 rings (SSSR count). The van der Waals surface area contributed by atoms with Crippen molar-refractivity contribution in [1.82, 2.24) is 25.4 Å². The van der Waals surface area contributed by atoms with Crippen molar-refractivity contribution in [2.75, 3.05) is 20.1 Å². The summed E-state index contributed by atoms with van der Waals surface area (Å²) in [6.45, 7) is 2.15. The number of hydrogen-bond acceptors (Lipinski definition) is 5. The summed E-state index contributed by atoms with van der Waals surface area (Å²) < 4.78 is 3.47. The maximum absolute atomic E-state index is 10.5. The Morgan fingerprint density at radius 1 is 1.24 bits per heavy atom. The van der Waals surface area contributed by atoms with E-state index in [-0.39, 0.29) is 0 Å². The molecule has 8 heteroatoms. The number of aliphatic hydroxyl groups excluding tert-OH is 1. The number of rotatable bonds is 6. The third-order valence-corrected chi connectivity index (χ3v) is 6.50. The Labute approximate surface area is 174 Å². The smallest absolute Gasteiger partial charge is 0.191 e. The lowest BCUT2D eigenvalue weighted by Gasteiger charge is -2.14. The molecule has 0 saturated carbocycles. The quantitative estimate of drug-likeness (QED) is 0.428. The maximum atomic E-state index is 10.5. The molecule has 29 heavy (non-hydrogen) atoms. The molecule has 1 unspecified atom stereocenters. The minimum absolute atomic E-state index is 0.410. The minimum atomic E-state index is -0.571. The molecule has 0 fully saturated rings. The number of hydrogen-bond donors (Lipinski definition) is 3. The first-order valence-corrected chi connectivity index (χ1v) is 11.1. The van der Waals surface area contributed by atoms with Gasteiger partial charge >= 0.3 is 0 Å². The topological polar surface area (TPSA) is 87.4 Å². The first-order chi connectivity index (χ1) is 14.2. The average Bonchev–Trinajstić information content (AvgIpc) is 3.27. The Kier molecular flexibility index (Phi) is 6.41. The van der Waals surface area contributed by atoms with Crippen LogP contribution in [-0.2, 0) is 19.4 Å². The lowest BCUT2D eigenvalue weighted by atomic mass is 10.2. The van der Waals surface area contributed by atoms with Crippen molar-refractivity contribution >= 4 is 27.4 Å². The largest absolute Gasteiger partial charge is 0.386 e. The molecule has 3 aromatic rings. The fraction of sp³-hybridized carbons (Fsp3) is 0.476. The van der Waals surface area contributed by atoms with Crippen molar-refractivity contribution in [3.63, 3.8) is 0 Å². The predicted octanol–water partition coefficient (Wildman–Crippen LogP) is 2.66. The number of benzene rings is 1. The summed E-state index contributed by atoms with van der Waals surface area (Å²) >= 11 is 1.63. The maximum Gasteiger partial charge on any atom is 0.191 e. The van der Waals surface area contributed by atoms with Gasteiger partial charge in [-0.15, -0.1) is 21.5 Å². The number of aliphatic hydroxyl groups is 1. The summed E-state index contributed by atoms with van der Waals surface area (Å²) in [6.07, 6.45) is 4.92. The van der Waals surface area contributed by atoms with Crippen LogP contribution in [0.15, 0.2) is 35.3 Å². The number of nitrogens with zero attached hydrogens (tertiary/aromatic N) is 4. The number of nitrogens with one attached hydrogen (secondary N) is 2. The van der Waals surface area contributed by atoms with Gasteiger partial charge in [-0.1, -0.05) is 24.6 Å². The zero-order valence-electron chi connectivity index (χ0n) is 16.8. The van der Waals surface area contributed by atoms with E-state index in [9.17, 15) is 5.11 Å². The van der Waals surface area contributed by atoms with E-state index < -0.39 is 6.10 Å². The van der Waals surface area contributed by atoms with Gasteiger partial charge in [-0.25, -0.2) is 0 Å². The van der Waals surface area contributed by atoms with E-state index >= 15 is 0 Å². The van der Waals surface area contributed by atoms with Gasteiger partial charge in [0.25, 0.3) is 0 Å². The van der Waals surface area contributed by atoms with Gasteiger partial charge in [0.05, 0.1) is 0 Å². The molecule has 154 valence electrons. The van der Waals surface area contributed by atoms with E-state index in [1.807, 2.05) is 12.1 Å². The summed E-state index contributed by atoms with van der Waals surface area (Å²) in [5.74, 6) is 2.84. The van der Waals surface area contributed by atoms with Crippen LogP contribution in [0.3, 0.4) is 0 Å². The highest BCUT2D eigenvalue weighted by molar-refractivity contribution is 7.19. The summed E-state index contributed by atoms with van der Waals surface area (Å²) in [7, 11) is 1.74. The van der Waals surface area contributed by atoms with Crippen LogP contribution in [0, 0.1) is 0 Å². The van der Waals surface area contributed by atoms with Crippen LogP contribution < -0.4 is 10.6 Å². The number of aryl methyl sites for hydroxylation is 1. The molecule has 0 spiro atoms. The van der Waals surface area contributed by atoms with Gasteiger partial charge in [0.15, 0.2) is 5.96 Å². The van der Waals surface area contributed by atoms with E-state index in [2.05, 4.69) is 48.6 Å². The number of aliphatic imine (C=N–C) groups is 1. The van der Waals surface area contributed by atoms with Crippen LogP contribution in [0.25, 0.3) is 10.1 Å². The van der Waals surface area contributed by atoms with Gasteiger partial charge in [-0.2, -0.15) is 0 Å². The summed E-state index contributed by atoms with van der Waals surface area (Å²) in [5.41, 5.74) is 0. The second-order valence-corrected chi connectivity index (χ2v) is 8.44. The van der Waals surface area contributed by atoms with E-state index in [0.717, 1.165) is 42.5 Å². The lowest BCUT2D eigenvalue weighted by molar-refractivity contribution is 0.184. The van der Waals surface area contributed by atoms with Gasteiger partial charge < -0.3 is 20.3 Å². The molecule has 3 N–H and O–H groups in total. The van der Waals surface area contributed by atoms with E-state index in [0.29, 0.717) is 12.5 Å². The highest BCUT2D eigenvalue weighted by atomic mass is 32.1. The number of fused-ring (bicyclic) bond motifs is 2. The van der Waals surface area contributed by atoms with Crippen LogP contribution in [0.2, 0.25) is 0 Å². The van der Waals surface area contributed by atoms with Crippen LogP contribution in [0.4, 0.5) is 0 Å². The van der Waals surface area contributed by atoms with Crippen LogP contribution in [0.5, 0.6) is 0 Å². The molecule has 2 aromatic heterocycles. The predicted molar refractivity (Wildman–Crippen MR) is 117 cm³/mol. The van der Waals surface area contributed by atoms with Crippen LogP contribution in [-0.4, -0.2) is 46.0 Å². The molecule has 7 nitrogen and oxygen atoms in total. The first kappa shape index (κ1) is 19.8. The molecule has 1 aliphatic rings. The molecule has 0 aliphatic carbocycles. The van der Waals surface area contributed by atoms with Crippen molar-refractivity contribution in [1.29, 1.82) is 0 Å². The number of guanidine groups is 1. The molecular weight excluding hydrogens is 384 g/mol. The molecule has 1 aromatic carbocycles. The first-order valence-electron chi connectivity index (χ1n) is 10.3. The monoisotopic (exact) mass is 412 g/mol. The molecule has 0 bridgehead atoms. The Balaban J connectivity index is 1.27. The zero-order valence-corrected chi connectivity index (χ0v) is 17.6. The van der Waals surface area contributed by atoms with Gasteiger partial charge in [0, 0.05) is 49.1 Å². The molecule has 0 amide bonds. The van der Waals surface area contributed by atoms with Gasteiger partial charge in [-0.05, 0) is 30.4 Å². The third kappa shape index (κ3) is 4.76. The SMILES string of the molecule is CN=C(NCCc1nnc2n1CCCCC2)NCC(O)c1cc2ccccc2s1. The van der Waals surface area contributed by atoms with Crippen molar-refractivity contribution < 1.29 is 5.11 Å². The third-order valence-electron chi connectivity index (χ3n) is 5.29. The second kappa shape index (κ2) is 9.37. The second-order valence-electron chi connectivity index (χ2n) is 7.33. The summed E-state index contributed by atoms with van der Waals surface area (Å²) in [5, 5.41) is 27.0. The summed E-state index contributed by atoms with van der Waals surface area (Å²) in [6, 6.07) is 10.2. The van der Waals surface area contributed by atoms with Gasteiger partial charge in [-0.3, -0.25) is 4.99 Å². The highest BCUT2D eigenvalue weighted by Gasteiger charge is 2.15. The van der Waals surface area contributed by atoms with Crippen molar-refractivity contribution in [2.45, 2.75) is 44.8 Å². The molecule has 1 atom stereocenters. The van der Waals surface area contributed by atoms with Crippen LogP contribution in [0.1, 0.15) is 41.9 Å². The summed E-state index contributed by atoms with van der Waals surface area (Å²) in [4.78, 5) is 5.22. The number of thiophene rings is 1. The van der Waals surface area contributed by atoms with Crippen LogP contribution >= 0.6 is 11.3 Å². The average molecular weight is 413 g/mol. The normalized spacial score (nSPS) is 15.7. The highest BCUT2D eigenvalue weighted by Crippen LogP contribution is 2.29. The van der Waals surface area contributed by atoms with Gasteiger partial charge in [0.2, 0.25) is 0 Å². The Morgan fingerprint density at radius 2 is 2.14 bits per heavy atom. The van der Waals surface area contributed by atoms with Crippen molar-refractivity contribution in [3.05, 3.63) is 46.9 Å². The Hall–Kier alpha value is -2.45. The molecular formula is C21H28N6OS. The standard InChI is InChI=1S/C21H28N6OS/c1-22-21(23-11-10-20-26-25-19-9-3-2-6-12-27(19)20)24-14-16(28)18-13-15-7-4-5-8-17(15)29-18/h4-5,7-8,13,16,28H,2-3,6,9-12,14H2,1H3,(H2,22,23,24). The molecule has 1 aliphatic heterocycles. The lowest BCUT2D eigenvalue weighted by Crippen LogP contribution is -2.40. The minimum Gasteiger partial charge on any atom is -0.386 e. The zero-order chi connectivity index (χ0) is 20.1. The fourth-order valence-corrected chi connectivity index (χ4v) is 4.75. The fourth-order valence-electron chi connectivity index (χ4n) is 3.70.